The molecule has 3 heteroatoms. The largest absolute Gasteiger partial charge is 0.456 e. The van der Waals surface area contributed by atoms with Crippen LogP contribution in [0, 0.1) is 0 Å². The molecule has 244 valence electrons. The van der Waals surface area contributed by atoms with E-state index in [0.717, 1.165) is 27.6 Å². The highest BCUT2D eigenvalue weighted by atomic mass is 16.3. The van der Waals surface area contributed by atoms with E-state index in [1.165, 1.54) is 93.1 Å². The first-order valence-corrected chi connectivity index (χ1v) is 18.3. The maximum absolute atomic E-state index is 6.56. The normalized spacial score (nSPS) is 12.5. The van der Waals surface area contributed by atoms with Crippen LogP contribution in [0.1, 0.15) is 0 Å². The van der Waals surface area contributed by atoms with Crippen molar-refractivity contribution in [2.24, 2.45) is 0 Å². The van der Waals surface area contributed by atoms with Crippen LogP contribution in [0.2, 0.25) is 0 Å². The number of nitrogens with zero attached hydrogens (tertiary/aromatic N) is 2. The molecule has 3 aromatic heterocycles. The van der Waals surface area contributed by atoms with Crippen LogP contribution in [0.5, 0.6) is 0 Å². The molecule has 0 radical (unpaired) electrons. The molecular formula is C50H28N2O. The summed E-state index contributed by atoms with van der Waals surface area (Å²) in [4.78, 5) is 0. The molecular weight excluding hydrogens is 645 g/mol. The van der Waals surface area contributed by atoms with Gasteiger partial charge in [0.2, 0.25) is 0 Å². The first-order chi connectivity index (χ1) is 26.3. The van der Waals surface area contributed by atoms with Gasteiger partial charge in [0.25, 0.3) is 0 Å². The number of para-hydroxylation sites is 2. The Morgan fingerprint density at radius 3 is 1.91 bits per heavy atom. The number of furan rings is 1. The molecule has 0 spiro atoms. The van der Waals surface area contributed by atoms with Gasteiger partial charge in [-0.2, -0.15) is 0 Å². The predicted molar refractivity (Wildman–Crippen MR) is 222 cm³/mol. The number of hydrogen-bond donors (Lipinski definition) is 0. The standard InChI is InChI=1S/C50H28N2O/c1-2-11-30-28-31(21-20-29(30)10-1)51-40-18-7-5-14-37(40)47-42(51)25-26-43-48(47)39-23-27-45-49(38-15-6-8-19-44(38)53-45)50(39)52(43)41-24-22-35-33-13-4-3-12-32(33)34-16-9-17-36(41)46(34)35/h1-28H. The van der Waals surface area contributed by atoms with Crippen molar-refractivity contribution in [3.63, 3.8) is 0 Å². The summed E-state index contributed by atoms with van der Waals surface area (Å²) in [6.07, 6.45) is 0. The smallest absolute Gasteiger partial charge is 0.137 e. The lowest BCUT2D eigenvalue weighted by atomic mass is 10.0. The van der Waals surface area contributed by atoms with Gasteiger partial charge in [-0.3, -0.25) is 0 Å². The van der Waals surface area contributed by atoms with Crippen LogP contribution < -0.4 is 0 Å². The maximum atomic E-state index is 6.56. The van der Waals surface area contributed by atoms with Gasteiger partial charge in [-0.05, 0) is 93.0 Å². The fourth-order valence-corrected chi connectivity index (χ4v) is 9.69. The Morgan fingerprint density at radius 1 is 0.340 bits per heavy atom. The zero-order valence-electron chi connectivity index (χ0n) is 28.5. The molecule has 0 fully saturated rings. The molecule has 0 bridgehead atoms. The van der Waals surface area contributed by atoms with Crippen molar-refractivity contribution in [2.75, 3.05) is 0 Å². The number of hydrogen-bond acceptors (Lipinski definition) is 1. The van der Waals surface area contributed by atoms with Gasteiger partial charge in [-0.1, -0.05) is 115 Å². The Labute approximate surface area is 303 Å². The summed E-state index contributed by atoms with van der Waals surface area (Å²) in [6.45, 7) is 0. The van der Waals surface area contributed by atoms with E-state index in [9.17, 15) is 0 Å². The van der Waals surface area contributed by atoms with E-state index in [1.807, 2.05) is 0 Å². The lowest BCUT2D eigenvalue weighted by Gasteiger charge is -2.14. The summed E-state index contributed by atoms with van der Waals surface area (Å²) in [5.74, 6) is 0. The van der Waals surface area contributed by atoms with Gasteiger partial charge >= 0.3 is 0 Å². The molecule has 12 aromatic rings. The zero-order valence-corrected chi connectivity index (χ0v) is 28.5. The Kier molecular flexibility index (Phi) is 5.11. The van der Waals surface area contributed by atoms with Crippen LogP contribution in [-0.4, -0.2) is 9.13 Å². The van der Waals surface area contributed by atoms with Crippen molar-refractivity contribution in [2.45, 2.75) is 0 Å². The van der Waals surface area contributed by atoms with Crippen LogP contribution in [0.15, 0.2) is 174 Å². The summed E-state index contributed by atoms with van der Waals surface area (Å²) in [7, 11) is 0. The average Bonchev–Trinajstić information content (AvgIpc) is 3.95. The van der Waals surface area contributed by atoms with E-state index in [4.69, 9.17) is 4.42 Å². The fraction of sp³-hybridized carbons (Fsp3) is 0. The van der Waals surface area contributed by atoms with Gasteiger partial charge in [0.1, 0.15) is 11.2 Å². The van der Waals surface area contributed by atoms with Gasteiger partial charge < -0.3 is 13.6 Å². The molecule has 0 N–H and O–H groups in total. The Hall–Kier alpha value is -7.10. The van der Waals surface area contributed by atoms with Crippen LogP contribution in [0.25, 0.3) is 121 Å². The van der Waals surface area contributed by atoms with Crippen LogP contribution in [0.3, 0.4) is 0 Å². The second-order valence-electron chi connectivity index (χ2n) is 14.4. The third kappa shape index (κ3) is 3.44. The summed E-state index contributed by atoms with van der Waals surface area (Å²) < 4.78 is 11.5. The van der Waals surface area contributed by atoms with Crippen molar-refractivity contribution >= 4 is 87.1 Å². The SMILES string of the molecule is c1ccc2c(c1)-c1cccc3c(-n4c5ccc6c(c7ccccc7n6-c6ccc7ccccc7c6)c5c5ccc6oc7ccccc7c6c54)ccc-2c13. The number of aromatic nitrogens is 2. The van der Waals surface area contributed by atoms with Crippen molar-refractivity contribution in [3.8, 4) is 33.6 Å². The Bertz CT molecular complexity index is 3540. The molecule has 0 aliphatic heterocycles. The quantitative estimate of drug-likeness (QED) is 0.179. The van der Waals surface area contributed by atoms with Crippen molar-refractivity contribution in [1.29, 1.82) is 0 Å². The Morgan fingerprint density at radius 2 is 1.02 bits per heavy atom. The van der Waals surface area contributed by atoms with Crippen LogP contribution in [-0.2, 0) is 0 Å². The maximum Gasteiger partial charge on any atom is 0.137 e. The number of fused-ring (bicyclic) bond motifs is 15. The molecule has 53 heavy (non-hydrogen) atoms. The number of benzene rings is 9. The molecule has 0 unspecified atom stereocenters. The molecule has 3 heterocycles. The summed E-state index contributed by atoms with van der Waals surface area (Å²) in [5, 5.41) is 12.3. The minimum Gasteiger partial charge on any atom is -0.456 e. The second kappa shape index (κ2) is 9.81. The van der Waals surface area contributed by atoms with E-state index in [0.29, 0.717) is 0 Å². The van der Waals surface area contributed by atoms with E-state index >= 15 is 0 Å². The highest BCUT2D eigenvalue weighted by Gasteiger charge is 2.27. The molecule has 3 nitrogen and oxygen atoms in total. The lowest BCUT2D eigenvalue weighted by molar-refractivity contribution is 0.669. The van der Waals surface area contributed by atoms with Gasteiger partial charge in [0, 0.05) is 38.0 Å². The first kappa shape index (κ1) is 27.6. The third-order valence-corrected chi connectivity index (χ3v) is 11.8. The topological polar surface area (TPSA) is 23.0 Å². The highest BCUT2D eigenvalue weighted by Crippen LogP contribution is 2.51. The first-order valence-electron chi connectivity index (χ1n) is 18.3. The molecule has 1 aliphatic rings. The van der Waals surface area contributed by atoms with Gasteiger partial charge in [0.15, 0.2) is 0 Å². The van der Waals surface area contributed by atoms with E-state index < -0.39 is 0 Å². The average molecular weight is 673 g/mol. The predicted octanol–water partition coefficient (Wildman–Crippen LogP) is 13.7. The van der Waals surface area contributed by atoms with Crippen LogP contribution >= 0.6 is 0 Å². The summed E-state index contributed by atoms with van der Waals surface area (Å²) >= 11 is 0. The van der Waals surface area contributed by atoms with Crippen molar-refractivity contribution in [1.82, 2.24) is 9.13 Å². The van der Waals surface area contributed by atoms with Crippen molar-refractivity contribution < 1.29 is 4.42 Å². The van der Waals surface area contributed by atoms with Crippen LogP contribution in [0.4, 0.5) is 0 Å². The van der Waals surface area contributed by atoms with E-state index in [2.05, 4.69) is 179 Å². The highest BCUT2D eigenvalue weighted by molar-refractivity contribution is 6.33. The molecule has 13 rings (SSSR count). The molecule has 0 atom stereocenters. The minimum absolute atomic E-state index is 0.899. The van der Waals surface area contributed by atoms with Gasteiger partial charge in [0.05, 0.1) is 33.1 Å². The molecule has 0 saturated carbocycles. The van der Waals surface area contributed by atoms with Crippen molar-refractivity contribution in [3.05, 3.63) is 170 Å². The van der Waals surface area contributed by atoms with Gasteiger partial charge in [-0.25, -0.2) is 0 Å². The van der Waals surface area contributed by atoms with E-state index in [-0.39, 0.29) is 0 Å². The summed E-state index contributed by atoms with van der Waals surface area (Å²) in [6, 6.07) is 62.2. The zero-order chi connectivity index (χ0) is 34.4. The lowest BCUT2D eigenvalue weighted by Crippen LogP contribution is -1.97. The molecule has 0 amide bonds. The third-order valence-electron chi connectivity index (χ3n) is 11.8. The molecule has 9 aromatic carbocycles. The summed E-state index contributed by atoms with van der Waals surface area (Å²) in [5.41, 5.74) is 14.1. The monoisotopic (exact) mass is 672 g/mol. The van der Waals surface area contributed by atoms with Gasteiger partial charge in [-0.15, -0.1) is 0 Å². The fourth-order valence-electron chi connectivity index (χ4n) is 9.69. The number of rotatable bonds is 2. The molecule has 0 saturated heterocycles. The van der Waals surface area contributed by atoms with E-state index in [1.54, 1.807) is 0 Å². The second-order valence-corrected chi connectivity index (χ2v) is 14.4. The molecule has 1 aliphatic carbocycles. The Balaban J connectivity index is 1.23. The minimum atomic E-state index is 0.899.